The number of pyridine rings is 1. The molecule has 0 bridgehead atoms. The van der Waals surface area contributed by atoms with Crippen LogP contribution in [0.5, 0.6) is 0 Å². The normalized spacial score (nSPS) is 11.6. The molecule has 0 aliphatic rings. The molecule has 0 atom stereocenters. The first-order valence-electron chi connectivity index (χ1n) is 6.69. The topological polar surface area (TPSA) is 68.0 Å². The van der Waals surface area contributed by atoms with Crippen molar-refractivity contribution in [2.24, 2.45) is 0 Å². The third kappa shape index (κ3) is 3.82. The zero-order valence-electron chi connectivity index (χ0n) is 12.3. The maximum absolute atomic E-state index is 12.5. The zero-order valence-corrected chi connectivity index (χ0v) is 13.0. The standard InChI is InChI=1S/C14H13ClF3N3O2/c1-3-11-9(7(2)23-21-11)6-20-13(22)12-10(15)4-8(5-19-12)14(16,17)18/h4-5H,3,6H2,1-2H3,(H,20,22). The molecule has 124 valence electrons. The molecule has 2 aromatic heterocycles. The maximum atomic E-state index is 12.5. The van der Waals surface area contributed by atoms with E-state index in [2.05, 4.69) is 15.5 Å². The minimum atomic E-state index is -4.57. The van der Waals surface area contributed by atoms with Crippen molar-refractivity contribution in [3.05, 3.63) is 45.6 Å². The molecule has 0 aromatic carbocycles. The van der Waals surface area contributed by atoms with Crippen molar-refractivity contribution in [2.75, 3.05) is 0 Å². The highest BCUT2D eigenvalue weighted by atomic mass is 35.5. The predicted molar refractivity (Wildman–Crippen MR) is 76.0 cm³/mol. The van der Waals surface area contributed by atoms with Crippen LogP contribution in [-0.2, 0) is 19.1 Å². The lowest BCUT2D eigenvalue weighted by Gasteiger charge is -2.09. The average Bonchev–Trinajstić information content (AvgIpc) is 2.84. The number of nitrogens with one attached hydrogen (secondary N) is 1. The number of rotatable bonds is 4. The highest BCUT2D eigenvalue weighted by Gasteiger charge is 2.32. The average molecular weight is 348 g/mol. The van der Waals surface area contributed by atoms with Gasteiger partial charge in [0, 0.05) is 18.3 Å². The summed E-state index contributed by atoms with van der Waals surface area (Å²) in [5.74, 6) is -0.111. The molecule has 0 spiro atoms. The molecule has 1 N–H and O–H groups in total. The Bertz CT molecular complexity index is 729. The Morgan fingerprint density at radius 2 is 2.13 bits per heavy atom. The molecular weight excluding hydrogens is 335 g/mol. The number of amides is 1. The minimum Gasteiger partial charge on any atom is -0.361 e. The van der Waals surface area contributed by atoms with E-state index in [1.54, 1.807) is 6.92 Å². The van der Waals surface area contributed by atoms with Crippen molar-refractivity contribution in [3.63, 3.8) is 0 Å². The van der Waals surface area contributed by atoms with Crippen LogP contribution in [0.25, 0.3) is 0 Å². The Morgan fingerprint density at radius 3 is 2.70 bits per heavy atom. The van der Waals surface area contributed by atoms with Gasteiger partial charge in [0.15, 0.2) is 0 Å². The number of hydrogen-bond acceptors (Lipinski definition) is 4. The Labute approximate surface area is 134 Å². The number of alkyl halides is 3. The van der Waals surface area contributed by atoms with Gasteiger partial charge in [-0.25, -0.2) is 4.98 Å². The highest BCUT2D eigenvalue weighted by molar-refractivity contribution is 6.33. The summed E-state index contributed by atoms with van der Waals surface area (Å²) in [7, 11) is 0. The van der Waals surface area contributed by atoms with Crippen molar-refractivity contribution in [1.82, 2.24) is 15.5 Å². The Kier molecular flexibility index (Phi) is 4.93. The monoisotopic (exact) mass is 347 g/mol. The van der Waals surface area contributed by atoms with Crippen LogP contribution in [0.4, 0.5) is 13.2 Å². The molecule has 0 saturated heterocycles. The Hall–Kier alpha value is -2.09. The quantitative estimate of drug-likeness (QED) is 0.918. The second-order valence-corrected chi connectivity index (χ2v) is 5.16. The number of aromatic nitrogens is 2. The van der Waals surface area contributed by atoms with Crippen molar-refractivity contribution < 1.29 is 22.5 Å². The molecule has 23 heavy (non-hydrogen) atoms. The summed E-state index contributed by atoms with van der Waals surface area (Å²) >= 11 is 5.73. The molecule has 0 fully saturated rings. The Morgan fingerprint density at radius 1 is 1.43 bits per heavy atom. The molecule has 0 radical (unpaired) electrons. The van der Waals surface area contributed by atoms with Crippen molar-refractivity contribution in [1.29, 1.82) is 0 Å². The van der Waals surface area contributed by atoms with Gasteiger partial charge in [0.25, 0.3) is 5.91 Å². The Balaban J connectivity index is 2.14. The van der Waals surface area contributed by atoms with Gasteiger partial charge in [-0.3, -0.25) is 4.79 Å². The lowest BCUT2D eigenvalue weighted by molar-refractivity contribution is -0.137. The molecule has 2 rings (SSSR count). The van der Waals surface area contributed by atoms with Crippen LogP contribution in [0, 0.1) is 6.92 Å². The van der Waals surface area contributed by atoms with Gasteiger partial charge in [0.2, 0.25) is 0 Å². The van der Waals surface area contributed by atoms with Crippen molar-refractivity contribution in [2.45, 2.75) is 33.0 Å². The molecular formula is C14H13ClF3N3O2. The summed E-state index contributed by atoms with van der Waals surface area (Å²) in [5.41, 5.74) is 0.146. The van der Waals surface area contributed by atoms with E-state index in [1.165, 1.54) is 0 Å². The summed E-state index contributed by atoms with van der Waals surface area (Å²) in [6.07, 6.45) is -3.37. The molecule has 2 aromatic rings. The van der Waals surface area contributed by atoms with Gasteiger partial charge in [0.05, 0.1) is 16.3 Å². The zero-order chi connectivity index (χ0) is 17.2. The molecule has 0 unspecified atom stereocenters. The van der Waals surface area contributed by atoms with E-state index in [0.717, 1.165) is 5.56 Å². The van der Waals surface area contributed by atoms with Crippen LogP contribution in [0.1, 0.15) is 40.0 Å². The number of hydrogen-bond donors (Lipinski definition) is 1. The van der Waals surface area contributed by atoms with Gasteiger partial charge >= 0.3 is 6.18 Å². The molecule has 0 saturated carbocycles. The van der Waals surface area contributed by atoms with Crippen LogP contribution < -0.4 is 5.32 Å². The SMILES string of the molecule is CCc1noc(C)c1CNC(=O)c1ncc(C(F)(F)F)cc1Cl. The second-order valence-electron chi connectivity index (χ2n) is 4.75. The number of carbonyl (C=O) groups is 1. The second kappa shape index (κ2) is 6.57. The predicted octanol–water partition coefficient (Wildman–Crippen LogP) is 3.54. The van der Waals surface area contributed by atoms with Crippen LogP contribution in [0.2, 0.25) is 5.02 Å². The molecule has 1 amide bonds. The van der Waals surface area contributed by atoms with Gasteiger partial charge in [-0.1, -0.05) is 23.7 Å². The first-order chi connectivity index (χ1) is 10.7. The van der Waals surface area contributed by atoms with Crippen LogP contribution in [0.3, 0.4) is 0 Å². The van der Waals surface area contributed by atoms with E-state index >= 15 is 0 Å². The summed E-state index contributed by atoms with van der Waals surface area (Å²) in [5, 5.41) is 6.03. The van der Waals surface area contributed by atoms with Gasteiger partial charge in [-0.2, -0.15) is 13.2 Å². The summed E-state index contributed by atoms with van der Waals surface area (Å²) in [4.78, 5) is 15.5. The fourth-order valence-corrected chi connectivity index (χ4v) is 2.21. The minimum absolute atomic E-state index is 0.121. The van der Waals surface area contributed by atoms with E-state index in [1.807, 2.05) is 6.92 Å². The van der Waals surface area contributed by atoms with Gasteiger partial charge in [0.1, 0.15) is 11.5 Å². The summed E-state index contributed by atoms with van der Waals surface area (Å²) < 4.78 is 42.7. The third-order valence-electron chi connectivity index (χ3n) is 3.21. The molecule has 9 heteroatoms. The maximum Gasteiger partial charge on any atom is 0.417 e. The molecule has 0 aliphatic carbocycles. The van der Waals surface area contributed by atoms with E-state index < -0.39 is 17.6 Å². The smallest absolute Gasteiger partial charge is 0.361 e. The third-order valence-corrected chi connectivity index (χ3v) is 3.50. The first kappa shape index (κ1) is 17.3. The fourth-order valence-electron chi connectivity index (χ4n) is 1.95. The number of aryl methyl sites for hydroxylation is 2. The van der Waals surface area contributed by atoms with Crippen molar-refractivity contribution >= 4 is 17.5 Å². The van der Waals surface area contributed by atoms with Crippen LogP contribution in [0.15, 0.2) is 16.8 Å². The van der Waals surface area contributed by atoms with Crippen LogP contribution >= 0.6 is 11.6 Å². The van der Waals surface area contributed by atoms with Crippen LogP contribution in [-0.4, -0.2) is 16.0 Å². The molecule has 2 heterocycles. The van der Waals surface area contributed by atoms with Gasteiger partial charge < -0.3 is 9.84 Å². The van der Waals surface area contributed by atoms with Gasteiger partial charge in [-0.15, -0.1) is 0 Å². The number of nitrogens with zero attached hydrogens (tertiary/aromatic N) is 2. The fraction of sp³-hybridized carbons (Fsp3) is 0.357. The number of carbonyl (C=O) groups excluding carboxylic acids is 1. The molecule has 0 aliphatic heterocycles. The van der Waals surface area contributed by atoms with E-state index in [9.17, 15) is 18.0 Å². The van der Waals surface area contributed by atoms with E-state index in [-0.39, 0.29) is 17.3 Å². The summed E-state index contributed by atoms with van der Waals surface area (Å²) in [6, 6.07) is 0.672. The summed E-state index contributed by atoms with van der Waals surface area (Å²) in [6.45, 7) is 3.71. The lowest BCUT2D eigenvalue weighted by Crippen LogP contribution is -2.25. The highest BCUT2D eigenvalue weighted by Crippen LogP contribution is 2.31. The molecule has 5 nitrogen and oxygen atoms in total. The number of halogens is 4. The van der Waals surface area contributed by atoms with E-state index in [4.69, 9.17) is 16.1 Å². The van der Waals surface area contributed by atoms with Crippen molar-refractivity contribution in [3.8, 4) is 0 Å². The largest absolute Gasteiger partial charge is 0.417 e. The first-order valence-corrected chi connectivity index (χ1v) is 7.06. The van der Waals surface area contributed by atoms with Gasteiger partial charge in [-0.05, 0) is 19.4 Å². The lowest BCUT2D eigenvalue weighted by atomic mass is 10.1. The van der Waals surface area contributed by atoms with E-state index in [0.29, 0.717) is 30.1 Å².